The van der Waals surface area contributed by atoms with Gasteiger partial charge in [-0.2, -0.15) is 11.8 Å². The molecule has 0 aromatic rings. The van der Waals surface area contributed by atoms with Crippen molar-refractivity contribution in [2.45, 2.75) is 244 Å². The van der Waals surface area contributed by atoms with Gasteiger partial charge in [-0.25, -0.2) is 0 Å². The number of nitrogens with one attached hydrogen (secondary N) is 15. The number of aliphatic carboxylic acids is 2. The Kier molecular flexibility index (Phi) is 48.0. The molecule has 0 fully saturated rings. The minimum atomic E-state index is -2.01. The van der Waals surface area contributed by atoms with E-state index in [0.29, 0.717) is 18.5 Å². The normalized spacial score (nSPS) is 15.5. The second-order valence-corrected chi connectivity index (χ2v) is 27.9. The highest BCUT2D eigenvalue weighted by atomic mass is 32.2. The average molecular weight is 1530 g/mol. The zero-order chi connectivity index (χ0) is 81.1. The molecular formula is C66H119N19O20S. The quantitative estimate of drug-likeness (QED) is 0.0153. The summed E-state index contributed by atoms with van der Waals surface area (Å²) in [6, 6.07) is -18.1. The average Bonchev–Trinajstić information content (AvgIpc) is 0.843. The van der Waals surface area contributed by atoms with Gasteiger partial charge in [0, 0.05) is 6.42 Å². The Balaban J connectivity index is 7.03. The van der Waals surface area contributed by atoms with E-state index in [-0.39, 0.29) is 82.7 Å². The summed E-state index contributed by atoms with van der Waals surface area (Å²) in [7, 11) is 0. The monoisotopic (exact) mass is 1530 g/mol. The van der Waals surface area contributed by atoms with E-state index in [4.69, 9.17) is 22.9 Å². The van der Waals surface area contributed by atoms with E-state index in [1.54, 1.807) is 61.6 Å². The van der Waals surface area contributed by atoms with Crippen molar-refractivity contribution in [1.82, 2.24) is 79.8 Å². The lowest BCUT2D eigenvalue weighted by Crippen LogP contribution is -2.62. The van der Waals surface area contributed by atoms with E-state index in [1.165, 1.54) is 32.5 Å². The maximum absolute atomic E-state index is 14.7. The fourth-order valence-corrected chi connectivity index (χ4v) is 10.5. The highest BCUT2D eigenvalue weighted by molar-refractivity contribution is 7.98. The number of hydrogen-bond donors (Lipinski definition) is 22. The predicted molar refractivity (Wildman–Crippen MR) is 390 cm³/mol. The molecule has 106 heavy (non-hydrogen) atoms. The van der Waals surface area contributed by atoms with Crippen LogP contribution in [0, 0.1) is 23.7 Å². The van der Waals surface area contributed by atoms with Gasteiger partial charge < -0.3 is 117 Å². The number of unbranched alkanes of at least 4 members (excludes halogenated alkanes) is 1. The number of rotatable bonds is 55. The van der Waals surface area contributed by atoms with Gasteiger partial charge in [0.1, 0.15) is 85.1 Å². The van der Waals surface area contributed by atoms with Crippen molar-refractivity contribution >= 4 is 113 Å². The summed E-state index contributed by atoms with van der Waals surface area (Å²) in [5.74, 6) is -17.2. The summed E-state index contributed by atoms with van der Waals surface area (Å²) in [5.41, 5.74) is 22.8. The molecule has 39 nitrogen and oxygen atoms in total. The Morgan fingerprint density at radius 3 is 1.30 bits per heavy atom. The van der Waals surface area contributed by atoms with Gasteiger partial charge in [-0.15, -0.1) is 0 Å². The van der Waals surface area contributed by atoms with Crippen LogP contribution < -0.4 is 103 Å². The third-order valence-corrected chi connectivity index (χ3v) is 17.2. The molecular weight excluding hydrogens is 1410 g/mol. The summed E-state index contributed by atoms with van der Waals surface area (Å²) in [4.78, 5) is 227. The minimum absolute atomic E-state index is 0.0368. The minimum Gasteiger partial charge on any atom is -0.481 e. The topological polar surface area (TPSA) is 635 Å². The van der Waals surface area contributed by atoms with Gasteiger partial charge in [-0.05, 0) is 127 Å². The first-order valence-corrected chi connectivity index (χ1v) is 37.0. The van der Waals surface area contributed by atoms with Crippen molar-refractivity contribution in [1.29, 1.82) is 0 Å². The molecule has 15 atom stereocenters. The van der Waals surface area contributed by atoms with E-state index in [1.807, 2.05) is 0 Å². The lowest BCUT2D eigenvalue weighted by atomic mass is 9.94. The molecule has 0 heterocycles. The van der Waals surface area contributed by atoms with Crippen LogP contribution in [0.15, 0.2) is 0 Å². The highest BCUT2D eigenvalue weighted by Crippen LogP contribution is 2.16. The predicted octanol–water partition coefficient (Wildman–Crippen LogP) is -6.41. The smallest absolute Gasteiger partial charge is 0.305 e. The number of aliphatic hydroxyl groups is 1. The summed E-state index contributed by atoms with van der Waals surface area (Å²) < 4.78 is 0. The molecule has 0 saturated carbocycles. The van der Waals surface area contributed by atoms with Crippen molar-refractivity contribution < 1.29 is 96.8 Å². The number of aliphatic hydroxyl groups excluding tert-OH is 1. The van der Waals surface area contributed by atoms with Gasteiger partial charge in [0.05, 0.1) is 32.2 Å². The number of nitrogens with two attached hydrogens (primary N) is 4. The first-order chi connectivity index (χ1) is 49.7. The maximum Gasteiger partial charge on any atom is 0.305 e. The standard InChI is InChI=1S/C66H119N19O20S/c1-13-35(7)52(85-65(105)53(36(8)14-2)84-63(103)47(28-51(92)93)83-60(100)43(20-21-50(90)91)79-61(101)45(26-33(3)4)77-49(89)30-72-55(95)38(10)74-54(94)37(9)68)64(104)81-42(19-17-24-71-66(69)70)59(99)78-41(18-15-16-23-67)58(98)75-39(11)56(96)82-46(27-34(5)6)62(102)80-44(22-25-106-12)57(97)73-29-48(88)76-40(31-86)32-87/h31,33-47,52-53,66,71,87H,13-30,32,67-70H2,1-12H3,(H,72,95)(H,73,97)(H,74,94)(H,75,98)(H,76,88)(H,77,89)(H,78,99)(H,79,101)(H,80,102)(H,81,104)(H,82,96)(H,83,100)(H,84,103)(H,85,105)(H,90,91)(H,92,93)/t35-,36-,37-,38-,39-,40+,41-,42-,43-,44-,45-,46-,47-,52-,53-/m0/s1. The van der Waals surface area contributed by atoms with Crippen LogP contribution in [0.3, 0.4) is 0 Å². The van der Waals surface area contributed by atoms with E-state index >= 15 is 0 Å². The third kappa shape index (κ3) is 39.6. The van der Waals surface area contributed by atoms with Crippen LogP contribution >= 0.6 is 11.8 Å². The van der Waals surface area contributed by atoms with Crippen molar-refractivity contribution in [3.05, 3.63) is 0 Å². The number of carboxylic acids is 2. The van der Waals surface area contributed by atoms with E-state index in [2.05, 4.69) is 79.8 Å². The van der Waals surface area contributed by atoms with E-state index in [0.717, 1.165) is 0 Å². The van der Waals surface area contributed by atoms with Crippen LogP contribution in [0.2, 0.25) is 0 Å². The van der Waals surface area contributed by atoms with E-state index < -0.39 is 230 Å². The Bertz CT molecular complexity index is 2910. The molecule has 604 valence electrons. The molecule has 0 aliphatic rings. The number of carboxylic acid groups (broad SMARTS) is 2. The molecule has 0 saturated heterocycles. The van der Waals surface area contributed by atoms with Gasteiger partial charge in [-0.3, -0.25) is 82.0 Å². The summed E-state index contributed by atoms with van der Waals surface area (Å²) in [6.07, 6.45) is -0.252. The number of carbonyl (C=O) groups is 17. The molecule has 0 rings (SSSR count). The first kappa shape index (κ1) is 97.3. The molecule has 0 aliphatic heterocycles. The molecule has 14 amide bonds. The van der Waals surface area contributed by atoms with Crippen molar-refractivity contribution in [2.24, 2.45) is 46.6 Å². The number of thioether (sulfide) groups is 1. The molecule has 0 aromatic heterocycles. The Morgan fingerprint density at radius 2 is 0.840 bits per heavy atom. The van der Waals surface area contributed by atoms with Gasteiger partial charge in [0.25, 0.3) is 0 Å². The van der Waals surface area contributed by atoms with Crippen LogP contribution in [-0.4, -0.2) is 246 Å². The van der Waals surface area contributed by atoms with Crippen molar-refractivity contribution in [3.63, 3.8) is 0 Å². The summed E-state index contributed by atoms with van der Waals surface area (Å²) in [6.45, 7) is 15.8. The lowest BCUT2D eigenvalue weighted by Gasteiger charge is -2.31. The van der Waals surface area contributed by atoms with Crippen molar-refractivity contribution in [2.75, 3.05) is 44.8 Å². The first-order valence-electron chi connectivity index (χ1n) is 35.6. The van der Waals surface area contributed by atoms with Gasteiger partial charge in [0.15, 0.2) is 0 Å². The fraction of sp³-hybridized carbons (Fsp3) is 0.742. The SMILES string of the molecule is CC[C@H](C)[C@H](NC(=O)[C@H](CC(=O)O)NC(=O)[C@H](CCC(=O)O)NC(=O)[C@H](CC(C)C)NC(=O)CNC(=O)[C@H](C)NC(=O)[C@H](C)N)C(=O)N[C@H](C(=O)N[C@@H](CCCNC(N)N)C(=O)N[C@@H](CCCCN)C(=O)N[C@@H](C)C(=O)N[C@@H](CC(C)C)C(=O)N[C@@H](CCSC)C(=O)NCC(=O)N[C@H](C=O)CO)[C@@H](C)CC. The molecule has 0 bridgehead atoms. The molecule has 26 N–H and O–H groups in total. The zero-order valence-corrected chi connectivity index (χ0v) is 63.7. The van der Waals surface area contributed by atoms with Crippen LogP contribution in [0.5, 0.6) is 0 Å². The van der Waals surface area contributed by atoms with Crippen LogP contribution in [-0.2, 0) is 81.5 Å². The Labute approximate surface area is 622 Å². The summed E-state index contributed by atoms with van der Waals surface area (Å²) >= 11 is 1.36. The molecule has 40 heteroatoms. The Hall–Kier alpha value is -8.70. The van der Waals surface area contributed by atoms with Gasteiger partial charge >= 0.3 is 11.9 Å². The van der Waals surface area contributed by atoms with Gasteiger partial charge in [-0.1, -0.05) is 68.2 Å². The number of amides is 14. The van der Waals surface area contributed by atoms with Crippen LogP contribution in [0.1, 0.15) is 160 Å². The molecule has 0 spiro atoms. The lowest BCUT2D eigenvalue weighted by molar-refractivity contribution is -0.142. The van der Waals surface area contributed by atoms with Crippen LogP contribution in [0.25, 0.3) is 0 Å². The van der Waals surface area contributed by atoms with Gasteiger partial charge in [0.2, 0.25) is 82.7 Å². The number of carbonyl (C=O) groups excluding carboxylic acids is 15. The van der Waals surface area contributed by atoms with Crippen molar-refractivity contribution in [3.8, 4) is 0 Å². The van der Waals surface area contributed by atoms with Crippen LogP contribution in [0.4, 0.5) is 0 Å². The molecule has 0 aromatic carbocycles. The highest BCUT2D eigenvalue weighted by Gasteiger charge is 2.39. The number of aldehydes is 1. The molecule has 0 aliphatic carbocycles. The molecule has 0 unspecified atom stereocenters. The summed E-state index contributed by atoms with van der Waals surface area (Å²) in [5, 5.41) is 66.3. The maximum atomic E-state index is 14.7. The zero-order valence-electron chi connectivity index (χ0n) is 62.9. The van der Waals surface area contributed by atoms with E-state index in [9.17, 15) is 96.8 Å². The number of hydrogen-bond acceptors (Lipinski definition) is 24. The Morgan fingerprint density at radius 1 is 0.434 bits per heavy atom. The molecule has 0 radical (unpaired) electrons. The second kappa shape index (κ2) is 52.3. The fourth-order valence-electron chi connectivity index (χ4n) is 10.0. The third-order valence-electron chi connectivity index (χ3n) is 16.6. The second-order valence-electron chi connectivity index (χ2n) is 26.9. The largest absolute Gasteiger partial charge is 0.481 e.